The zero-order valence-electron chi connectivity index (χ0n) is 10.9. The Balaban J connectivity index is 0. The molecule has 0 aliphatic heterocycles. The Kier molecular flexibility index (Phi) is 13.9. The number of rotatable bonds is 11. The SMILES string of the molecule is CCCCCCCCC(=O)C(CC(=O)O)C(=O)O.[NaH]. The molecule has 2 N–H and O–H groups in total. The molecule has 0 saturated heterocycles. The van der Waals surface area contributed by atoms with E-state index in [1.54, 1.807) is 0 Å². The molecule has 0 aliphatic rings. The number of hydrogen-bond acceptors (Lipinski definition) is 3. The predicted octanol–water partition coefficient (Wildman–Crippen LogP) is 1.83. The van der Waals surface area contributed by atoms with E-state index in [1.165, 1.54) is 6.42 Å². The number of aliphatic carboxylic acids is 2. The summed E-state index contributed by atoms with van der Waals surface area (Å²) < 4.78 is 0. The Morgan fingerprint density at radius 3 is 1.95 bits per heavy atom. The van der Waals surface area contributed by atoms with Crippen molar-refractivity contribution in [3.8, 4) is 0 Å². The van der Waals surface area contributed by atoms with E-state index in [2.05, 4.69) is 6.92 Å². The summed E-state index contributed by atoms with van der Waals surface area (Å²) in [5.74, 6) is -4.45. The summed E-state index contributed by atoms with van der Waals surface area (Å²) in [5, 5.41) is 17.3. The zero-order chi connectivity index (χ0) is 14.0. The van der Waals surface area contributed by atoms with E-state index in [9.17, 15) is 14.4 Å². The first-order valence-electron chi connectivity index (χ1n) is 6.46. The quantitative estimate of drug-likeness (QED) is 0.343. The molecule has 0 bridgehead atoms. The van der Waals surface area contributed by atoms with Gasteiger partial charge in [0.1, 0.15) is 11.7 Å². The number of carbonyl (C=O) groups is 3. The van der Waals surface area contributed by atoms with E-state index < -0.39 is 30.1 Å². The average molecular weight is 282 g/mol. The van der Waals surface area contributed by atoms with Gasteiger partial charge in [0.2, 0.25) is 0 Å². The van der Waals surface area contributed by atoms with Gasteiger partial charge in [0.25, 0.3) is 0 Å². The monoisotopic (exact) mass is 282 g/mol. The van der Waals surface area contributed by atoms with Crippen molar-refractivity contribution in [1.29, 1.82) is 0 Å². The summed E-state index contributed by atoms with van der Waals surface area (Å²) in [5.41, 5.74) is 0. The first kappa shape index (κ1) is 20.9. The molecule has 0 saturated carbocycles. The van der Waals surface area contributed by atoms with Crippen molar-refractivity contribution in [3.63, 3.8) is 0 Å². The van der Waals surface area contributed by atoms with E-state index in [0.29, 0.717) is 6.42 Å². The number of ketones is 1. The number of carboxylic acids is 2. The molecule has 1 unspecified atom stereocenters. The van der Waals surface area contributed by atoms with Gasteiger partial charge in [-0.1, -0.05) is 39.0 Å². The van der Waals surface area contributed by atoms with Crippen LogP contribution in [0, 0.1) is 5.92 Å². The van der Waals surface area contributed by atoms with Gasteiger partial charge in [-0.25, -0.2) is 0 Å². The fourth-order valence-corrected chi connectivity index (χ4v) is 1.77. The van der Waals surface area contributed by atoms with Crippen LogP contribution in [0.5, 0.6) is 0 Å². The van der Waals surface area contributed by atoms with Crippen molar-refractivity contribution in [2.24, 2.45) is 5.92 Å². The van der Waals surface area contributed by atoms with Crippen molar-refractivity contribution in [2.75, 3.05) is 0 Å². The standard InChI is InChI=1S/C13H22O5.Na.H/c1-2-3-4-5-6-7-8-11(14)10(13(17)18)9-12(15)16;;/h10H,2-9H2,1H3,(H,15,16)(H,17,18);;. The summed E-state index contributed by atoms with van der Waals surface area (Å²) in [4.78, 5) is 32.8. The van der Waals surface area contributed by atoms with Crippen LogP contribution in [0.3, 0.4) is 0 Å². The second kappa shape index (κ2) is 12.6. The second-order valence-corrected chi connectivity index (χ2v) is 4.47. The fourth-order valence-electron chi connectivity index (χ4n) is 1.77. The van der Waals surface area contributed by atoms with Crippen LogP contribution >= 0.6 is 0 Å². The first-order chi connectivity index (χ1) is 8.49. The molecule has 0 spiro atoms. The van der Waals surface area contributed by atoms with Crippen LogP contribution in [-0.4, -0.2) is 57.5 Å². The Hall–Kier alpha value is -0.390. The molecule has 5 nitrogen and oxygen atoms in total. The Bertz CT molecular complexity index is 291. The normalized spacial score (nSPS) is 11.4. The number of carboxylic acid groups (broad SMARTS) is 2. The van der Waals surface area contributed by atoms with Crippen LogP contribution < -0.4 is 0 Å². The van der Waals surface area contributed by atoms with Gasteiger partial charge in [-0.2, -0.15) is 0 Å². The minimum absolute atomic E-state index is 0. The van der Waals surface area contributed by atoms with Crippen molar-refractivity contribution in [2.45, 2.75) is 58.3 Å². The molecule has 19 heavy (non-hydrogen) atoms. The molecular weight excluding hydrogens is 259 g/mol. The molecule has 0 rings (SSSR count). The van der Waals surface area contributed by atoms with Crippen molar-refractivity contribution in [3.05, 3.63) is 0 Å². The molecule has 106 valence electrons. The van der Waals surface area contributed by atoms with E-state index in [1.807, 2.05) is 0 Å². The first-order valence-corrected chi connectivity index (χ1v) is 6.46. The van der Waals surface area contributed by atoms with Gasteiger partial charge >= 0.3 is 41.5 Å². The van der Waals surface area contributed by atoms with Gasteiger partial charge in [-0.3, -0.25) is 14.4 Å². The average Bonchev–Trinajstić information content (AvgIpc) is 2.29. The molecule has 0 radical (unpaired) electrons. The van der Waals surface area contributed by atoms with Crippen LogP contribution in [0.1, 0.15) is 58.3 Å². The van der Waals surface area contributed by atoms with Gasteiger partial charge < -0.3 is 10.2 Å². The van der Waals surface area contributed by atoms with Crippen molar-refractivity contribution in [1.82, 2.24) is 0 Å². The third-order valence-electron chi connectivity index (χ3n) is 2.84. The predicted molar refractivity (Wildman–Crippen MR) is 73.5 cm³/mol. The maximum atomic E-state index is 11.6. The van der Waals surface area contributed by atoms with E-state index in [4.69, 9.17) is 10.2 Å². The van der Waals surface area contributed by atoms with Gasteiger partial charge in [-0.15, -0.1) is 0 Å². The Labute approximate surface area is 136 Å². The van der Waals surface area contributed by atoms with Gasteiger partial charge in [-0.05, 0) is 6.42 Å². The Morgan fingerprint density at radius 1 is 0.947 bits per heavy atom. The zero-order valence-corrected chi connectivity index (χ0v) is 10.9. The molecule has 0 heterocycles. The molecule has 0 aromatic carbocycles. The summed E-state index contributed by atoms with van der Waals surface area (Å²) in [6, 6.07) is 0. The molecule has 0 aromatic heterocycles. The topological polar surface area (TPSA) is 91.7 Å². The van der Waals surface area contributed by atoms with Gasteiger partial charge in [0.15, 0.2) is 0 Å². The van der Waals surface area contributed by atoms with E-state index in [0.717, 1.165) is 25.7 Å². The van der Waals surface area contributed by atoms with Crippen LogP contribution in [0.2, 0.25) is 0 Å². The summed E-state index contributed by atoms with van der Waals surface area (Å²) in [7, 11) is 0. The molecule has 1 atom stereocenters. The van der Waals surface area contributed by atoms with Crippen LogP contribution in [0.25, 0.3) is 0 Å². The number of Topliss-reactive ketones (excluding diaryl/α,β-unsaturated/α-hetero) is 1. The molecule has 0 aliphatic carbocycles. The molecule has 0 fully saturated rings. The Morgan fingerprint density at radius 2 is 1.47 bits per heavy atom. The summed E-state index contributed by atoms with van der Waals surface area (Å²) in [6.07, 6.45) is 5.57. The molecule has 0 aromatic rings. The van der Waals surface area contributed by atoms with Gasteiger partial charge in [0.05, 0.1) is 6.42 Å². The van der Waals surface area contributed by atoms with Crippen LogP contribution in [0.4, 0.5) is 0 Å². The third-order valence-corrected chi connectivity index (χ3v) is 2.84. The van der Waals surface area contributed by atoms with Crippen LogP contribution in [-0.2, 0) is 14.4 Å². The number of hydrogen-bond donors (Lipinski definition) is 2. The summed E-state index contributed by atoms with van der Waals surface area (Å²) >= 11 is 0. The third kappa shape index (κ3) is 11.2. The summed E-state index contributed by atoms with van der Waals surface area (Å²) in [6.45, 7) is 2.12. The van der Waals surface area contributed by atoms with Crippen molar-refractivity contribution < 1.29 is 24.6 Å². The van der Waals surface area contributed by atoms with Gasteiger partial charge in [0, 0.05) is 6.42 Å². The minimum atomic E-state index is -1.39. The molecule has 6 heteroatoms. The fraction of sp³-hybridized carbons (Fsp3) is 0.769. The van der Waals surface area contributed by atoms with E-state index >= 15 is 0 Å². The second-order valence-electron chi connectivity index (χ2n) is 4.47. The maximum absolute atomic E-state index is 11.6. The van der Waals surface area contributed by atoms with E-state index in [-0.39, 0.29) is 36.0 Å². The molecular formula is C13H23NaO5. The number of unbranched alkanes of at least 4 members (excludes halogenated alkanes) is 5. The molecule has 0 amide bonds. The van der Waals surface area contributed by atoms with Crippen LogP contribution in [0.15, 0.2) is 0 Å². The van der Waals surface area contributed by atoms with Crippen molar-refractivity contribution >= 4 is 47.3 Å². The number of carbonyl (C=O) groups excluding carboxylic acids is 1.